The van der Waals surface area contributed by atoms with Crippen molar-refractivity contribution in [2.45, 2.75) is 6.54 Å². The number of nitrogens with one attached hydrogen (secondary N) is 1. The molecular formula is C12H13N5O2. The first-order chi connectivity index (χ1) is 9.19. The summed E-state index contributed by atoms with van der Waals surface area (Å²) in [5, 5.41) is 3.04. The van der Waals surface area contributed by atoms with E-state index >= 15 is 0 Å². The van der Waals surface area contributed by atoms with E-state index in [9.17, 15) is 4.79 Å². The van der Waals surface area contributed by atoms with E-state index in [0.717, 1.165) is 5.56 Å². The number of rotatable bonds is 5. The third-order valence-electron chi connectivity index (χ3n) is 2.37. The first kappa shape index (κ1) is 12.7. The molecule has 0 saturated carbocycles. The van der Waals surface area contributed by atoms with Gasteiger partial charge >= 0.3 is 0 Å². The van der Waals surface area contributed by atoms with Crippen LogP contribution in [0.5, 0.6) is 5.88 Å². The lowest BCUT2D eigenvalue weighted by Gasteiger charge is -2.06. The van der Waals surface area contributed by atoms with Crippen molar-refractivity contribution in [2.24, 2.45) is 5.73 Å². The highest BCUT2D eigenvalue weighted by molar-refractivity contribution is 5.90. The minimum atomic E-state index is -0.610. The monoisotopic (exact) mass is 259 g/mol. The van der Waals surface area contributed by atoms with Gasteiger partial charge in [0.15, 0.2) is 0 Å². The lowest BCUT2D eigenvalue weighted by molar-refractivity contribution is 0.0995. The second-order valence-corrected chi connectivity index (χ2v) is 3.71. The molecule has 0 bridgehead atoms. The van der Waals surface area contributed by atoms with Crippen LogP contribution in [0.3, 0.4) is 0 Å². The summed E-state index contributed by atoms with van der Waals surface area (Å²) in [6.07, 6.45) is 4.50. The summed E-state index contributed by atoms with van der Waals surface area (Å²) in [5.41, 5.74) is 6.23. The van der Waals surface area contributed by atoms with Crippen LogP contribution in [0.1, 0.15) is 16.1 Å². The third-order valence-corrected chi connectivity index (χ3v) is 2.37. The van der Waals surface area contributed by atoms with Crippen LogP contribution in [-0.4, -0.2) is 28.0 Å². The van der Waals surface area contributed by atoms with E-state index in [2.05, 4.69) is 20.3 Å². The number of nitrogens with zero attached hydrogens (tertiary/aromatic N) is 3. The molecule has 0 aromatic carbocycles. The van der Waals surface area contributed by atoms with Crippen LogP contribution >= 0.6 is 0 Å². The summed E-state index contributed by atoms with van der Waals surface area (Å²) in [7, 11) is 1.56. The van der Waals surface area contributed by atoms with E-state index in [1.807, 2.05) is 6.07 Å². The van der Waals surface area contributed by atoms with Gasteiger partial charge in [0.2, 0.25) is 5.88 Å². The van der Waals surface area contributed by atoms with Gasteiger partial charge in [0, 0.05) is 18.8 Å². The molecule has 7 nitrogen and oxygen atoms in total. The Morgan fingerprint density at radius 1 is 1.47 bits per heavy atom. The summed E-state index contributed by atoms with van der Waals surface area (Å²) < 4.78 is 5.03. The molecule has 3 N–H and O–H groups in total. The molecule has 0 aliphatic carbocycles. The van der Waals surface area contributed by atoms with Crippen LogP contribution in [-0.2, 0) is 6.54 Å². The third kappa shape index (κ3) is 3.38. The Balaban J connectivity index is 2.05. The van der Waals surface area contributed by atoms with Gasteiger partial charge < -0.3 is 15.8 Å². The highest BCUT2D eigenvalue weighted by Gasteiger charge is 2.04. The van der Waals surface area contributed by atoms with Crippen molar-refractivity contribution < 1.29 is 9.53 Å². The Kier molecular flexibility index (Phi) is 3.87. The number of primary amides is 1. The standard InChI is InChI=1S/C12H13N5O2/c1-19-11-4-8(2-3-15-11)5-16-10-7-14-6-9(17-10)12(13)18/h2-4,6-7H,5H2,1H3,(H2,13,18)(H,16,17). The number of ether oxygens (including phenoxy) is 1. The van der Waals surface area contributed by atoms with Crippen molar-refractivity contribution in [3.8, 4) is 5.88 Å². The minimum absolute atomic E-state index is 0.123. The molecule has 1 amide bonds. The summed E-state index contributed by atoms with van der Waals surface area (Å²) in [5.74, 6) is 0.407. The zero-order chi connectivity index (χ0) is 13.7. The smallest absolute Gasteiger partial charge is 0.268 e. The first-order valence-electron chi connectivity index (χ1n) is 5.53. The maximum absolute atomic E-state index is 11.0. The summed E-state index contributed by atoms with van der Waals surface area (Å²) in [6, 6.07) is 3.65. The van der Waals surface area contributed by atoms with Crippen molar-refractivity contribution >= 4 is 11.7 Å². The van der Waals surface area contributed by atoms with Gasteiger partial charge in [0.25, 0.3) is 5.91 Å². The summed E-state index contributed by atoms with van der Waals surface area (Å²) in [6.45, 7) is 0.510. The zero-order valence-corrected chi connectivity index (χ0v) is 10.3. The molecule has 0 aliphatic heterocycles. The molecule has 2 heterocycles. The number of methoxy groups -OCH3 is 1. The quantitative estimate of drug-likeness (QED) is 0.814. The van der Waals surface area contributed by atoms with Gasteiger partial charge in [-0.15, -0.1) is 0 Å². The van der Waals surface area contributed by atoms with Gasteiger partial charge in [-0.2, -0.15) is 0 Å². The van der Waals surface area contributed by atoms with Crippen LogP contribution < -0.4 is 15.8 Å². The molecule has 0 unspecified atom stereocenters. The lowest BCUT2D eigenvalue weighted by Crippen LogP contribution is -2.14. The van der Waals surface area contributed by atoms with E-state index in [-0.39, 0.29) is 5.69 Å². The van der Waals surface area contributed by atoms with Gasteiger partial charge in [-0.05, 0) is 11.6 Å². The van der Waals surface area contributed by atoms with Gasteiger partial charge in [0.05, 0.1) is 19.5 Å². The number of hydrogen-bond acceptors (Lipinski definition) is 6. The number of nitrogens with two attached hydrogens (primary N) is 1. The maximum atomic E-state index is 11.0. The minimum Gasteiger partial charge on any atom is -0.481 e. The number of hydrogen-bond donors (Lipinski definition) is 2. The molecule has 2 aromatic rings. The Morgan fingerprint density at radius 3 is 3.05 bits per heavy atom. The normalized spacial score (nSPS) is 9.95. The van der Waals surface area contributed by atoms with Gasteiger partial charge in [0.1, 0.15) is 11.5 Å². The largest absolute Gasteiger partial charge is 0.481 e. The fraction of sp³-hybridized carbons (Fsp3) is 0.167. The Labute approximate surface area is 109 Å². The molecule has 0 saturated heterocycles. The summed E-state index contributed by atoms with van der Waals surface area (Å²) >= 11 is 0. The molecule has 0 fully saturated rings. The molecule has 0 aliphatic rings. The number of carbonyl (C=O) groups excluding carboxylic acids is 1. The SMILES string of the molecule is COc1cc(CNc2cncc(C(N)=O)n2)ccn1. The van der Waals surface area contributed by atoms with E-state index in [0.29, 0.717) is 18.2 Å². The van der Waals surface area contributed by atoms with Crippen LogP contribution in [0, 0.1) is 0 Å². The van der Waals surface area contributed by atoms with E-state index in [4.69, 9.17) is 10.5 Å². The van der Waals surface area contributed by atoms with Crippen molar-refractivity contribution in [2.75, 3.05) is 12.4 Å². The number of aromatic nitrogens is 3. The molecule has 2 aromatic heterocycles. The van der Waals surface area contributed by atoms with Crippen LogP contribution in [0.4, 0.5) is 5.82 Å². The molecule has 7 heteroatoms. The lowest BCUT2D eigenvalue weighted by atomic mass is 10.2. The van der Waals surface area contributed by atoms with Crippen LogP contribution in [0.2, 0.25) is 0 Å². The molecule has 0 spiro atoms. The predicted octanol–water partition coefficient (Wildman–Crippen LogP) is 0.591. The highest BCUT2D eigenvalue weighted by Crippen LogP contribution is 2.10. The Bertz CT molecular complexity index is 588. The fourth-order valence-electron chi connectivity index (χ4n) is 1.43. The first-order valence-corrected chi connectivity index (χ1v) is 5.53. The number of anilines is 1. The summed E-state index contributed by atoms with van der Waals surface area (Å²) in [4.78, 5) is 22.9. The molecule has 98 valence electrons. The van der Waals surface area contributed by atoms with Crippen LogP contribution in [0.25, 0.3) is 0 Å². The second kappa shape index (κ2) is 5.76. The average Bonchev–Trinajstić information content (AvgIpc) is 2.45. The topological polar surface area (TPSA) is 103 Å². The van der Waals surface area contributed by atoms with Crippen LogP contribution in [0.15, 0.2) is 30.7 Å². The highest BCUT2D eigenvalue weighted by atomic mass is 16.5. The predicted molar refractivity (Wildman–Crippen MR) is 68.7 cm³/mol. The fourth-order valence-corrected chi connectivity index (χ4v) is 1.43. The Hall–Kier alpha value is -2.70. The maximum Gasteiger partial charge on any atom is 0.268 e. The zero-order valence-electron chi connectivity index (χ0n) is 10.3. The van der Waals surface area contributed by atoms with Crippen molar-refractivity contribution in [1.29, 1.82) is 0 Å². The van der Waals surface area contributed by atoms with Crippen molar-refractivity contribution in [1.82, 2.24) is 15.0 Å². The van der Waals surface area contributed by atoms with Crippen molar-refractivity contribution in [3.05, 3.63) is 42.0 Å². The number of carbonyl (C=O) groups is 1. The number of pyridine rings is 1. The van der Waals surface area contributed by atoms with Crippen molar-refractivity contribution in [3.63, 3.8) is 0 Å². The second-order valence-electron chi connectivity index (χ2n) is 3.71. The Morgan fingerprint density at radius 2 is 2.32 bits per heavy atom. The molecule has 0 atom stereocenters. The van der Waals surface area contributed by atoms with E-state index in [1.54, 1.807) is 19.4 Å². The van der Waals surface area contributed by atoms with E-state index < -0.39 is 5.91 Å². The molecular weight excluding hydrogens is 246 g/mol. The number of amides is 1. The van der Waals surface area contributed by atoms with E-state index in [1.165, 1.54) is 12.4 Å². The van der Waals surface area contributed by atoms with Gasteiger partial charge in [-0.1, -0.05) is 0 Å². The molecule has 0 radical (unpaired) electrons. The van der Waals surface area contributed by atoms with Gasteiger partial charge in [-0.3, -0.25) is 9.78 Å². The van der Waals surface area contributed by atoms with Gasteiger partial charge in [-0.25, -0.2) is 9.97 Å². The molecule has 2 rings (SSSR count). The molecule has 19 heavy (non-hydrogen) atoms. The average molecular weight is 259 g/mol.